The molecule has 0 unspecified atom stereocenters. The average Bonchev–Trinajstić information content (AvgIpc) is 2.30. The van der Waals surface area contributed by atoms with E-state index in [-0.39, 0.29) is 0 Å². The molecule has 1 heterocycles. The molecule has 0 saturated carbocycles. The van der Waals surface area contributed by atoms with Crippen LogP contribution in [0, 0.1) is 0 Å². The summed E-state index contributed by atoms with van der Waals surface area (Å²) in [6, 6.07) is 1.90. The molecule has 1 aromatic heterocycles. The fourth-order valence-corrected chi connectivity index (χ4v) is 1.19. The zero-order valence-electron chi connectivity index (χ0n) is 9.27. The van der Waals surface area contributed by atoms with Gasteiger partial charge in [-0.25, -0.2) is 9.97 Å². The molecule has 0 aliphatic heterocycles. The fourth-order valence-electron chi connectivity index (χ4n) is 1.19. The lowest BCUT2D eigenvalue weighted by Crippen LogP contribution is -1.95. The zero-order chi connectivity index (χ0) is 11.1. The highest BCUT2D eigenvalue weighted by Gasteiger charge is 1.99. The summed E-state index contributed by atoms with van der Waals surface area (Å²) in [7, 11) is 0. The van der Waals surface area contributed by atoms with Gasteiger partial charge in [-0.15, -0.1) is 0 Å². The summed E-state index contributed by atoms with van der Waals surface area (Å²) in [4.78, 5) is 8.59. The fraction of sp³-hybridized carbons (Fsp3) is 0.231. The van der Waals surface area contributed by atoms with Crippen LogP contribution in [0.5, 0.6) is 0 Å². The molecule has 0 aromatic carbocycles. The Morgan fingerprint density at radius 2 is 2.33 bits per heavy atom. The molecule has 0 N–H and O–H groups in total. The number of nitrogens with zero attached hydrogens (tertiary/aromatic N) is 2. The van der Waals surface area contributed by atoms with Crippen LogP contribution in [0.1, 0.15) is 25.4 Å². The third-order valence-electron chi connectivity index (χ3n) is 2.01. The van der Waals surface area contributed by atoms with Crippen LogP contribution in [0.3, 0.4) is 0 Å². The van der Waals surface area contributed by atoms with Gasteiger partial charge in [-0.3, -0.25) is 0 Å². The molecule has 15 heavy (non-hydrogen) atoms. The molecular weight excluding hydrogens is 184 g/mol. The predicted octanol–water partition coefficient (Wildman–Crippen LogP) is 3.18. The first-order valence-corrected chi connectivity index (χ1v) is 5.09. The van der Waals surface area contributed by atoms with E-state index in [1.165, 1.54) is 0 Å². The van der Waals surface area contributed by atoms with E-state index in [0.29, 0.717) is 0 Å². The Labute approximate surface area is 91.1 Å². The van der Waals surface area contributed by atoms with Gasteiger partial charge in [-0.1, -0.05) is 37.8 Å². The molecule has 78 valence electrons. The third kappa shape index (κ3) is 3.17. The maximum atomic E-state index is 4.43. The van der Waals surface area contributed by atoms with Gasteiger partial charge in [-0.05, 0) is 18.6 Å². The second-order valence-electron chi connectivity index (χ2n) is 3.06. The molecule has 2 nitrogen and oxygen atoms in total. The second kappa shape index (κ2) is 5.91. The van der Waals surface area contributed by atoms with Crippen molar-refractivity contribution in [1.29, 1.82) is 0 Å². The van der Waals surface area contributed by atoms with Gasteiger partial charge in [-0.2, -0.15) is 0 Å². The van der Waals surface area contributed by atoms with Crippen molar-refractivity contribution in [2.24, 2.45) is 0 Å². The summed E-state index contributed by atoms with van der Waals surface area (Å²) in [5.41, 5.74) is 1.94. The Morgan fingerprint density at radius 1 is 1.53 bits per heavy atom. The summed E-state index contributed by atoms with van der Waals surface area (Å²) in [6.45, 7) is 7.81. The summed E-state index contributed by atoms with van der Waals surface area (Å²) in [6.07, 6.45) is 10.4. The Hall–Kier alpha value is -1.70. The molecule has 2 heteroatoms. The Kier molecular flexibility index (Phi) is 4.48. The third-order valence-corrected chi connectivity index (χ3v) is 2.01. The lowest BCUT2D eigenvalue weighted by molar-refractivity contribution is 0.931. The number of hydrogen-bond acceptors (Lipinski definition) is 2. The average molecular weight is 200 g/mol. The van der Waals surface area contributed by atoms with E-state index in [2.05, 4.69) is 16.5 Å². The van der Waals surface area contributed by atoms with Gasteiger partial charge in [0.15, 0.2) is 0 Å². The number of allylic oxidation sites excluding steroid dienone is 5. The lowest BCUT2D eigenvalue weighted by Gasteiger charge is -2.01. The molecule has 0 spiro atoms. The normalized spacial score (nSPS) is 12.0. The van der Waals surface area contributed by atoms with Gasteiger partial charge >= 0.3 is 0 Å². The minimum Gasteiger partial charge on any atom is -0.241 e. The van der Waals surface area contributed by atoms with E-state index in [0.717, 1.165) is 23.5 Å². The van der Waals surface area contributed by atoms with E-state index in [9.17, 15) is 0 Å². The molecule has 0 amide bonds. The van der Waals surface area contributed by atoms with Crippen LogP contribution in [0.25, 0.3) is 5.57 Å². The number of aromatic nitrogens is 2. The molecule has 0 bridgehead atoms. The van der Waals surface area contributed by atoms with Crippen LogP contribution in [-0.4, -0.2) is 9.97 Å². The van der Waals surface area contributed by atoms with Gasteiger partial charge in [0.05, 0.1) is 5.69 Å². The quantitative estimate of drug-likeness (QED) is 0.697. The van der Waals surface area contributed by atoms with Crippen LogP contribution < -0.4 is 0 Å². The van der Waals surface area contributed by atoms with Gasteiger partial charge in [0, 0.05) is 12.6 Å². The molecule has 0 atom stereocenters. The minimum absolute atomic E-state index is 0.849. The summed E-state index contributed by atoms with van der Waals surface area (Å²) >= 11 is 0. The Bertz CT molecular complexity index is 389. The summed E-state index contributed by atoms with van der Waals surface area (Å²) in [5.74, 6) is 0.862. The molecular formula is C13H16N2. The monoisotopic (exact) mass is 200 g/mol. The van der Waals surface area contributed by atoms with Crippen LogP contribution >= 0.6 is 0 Å². The van der Waals surface area contributed by atoms with Crippen LogP contribution in [0.4, 0.5) is 0 Å². The topological polar surface area (TPSA) is 25.8 Å². The van der Waals surface area contributed by atoms with Crippen LogP contribution in [0.2, 0.25) is 0 Å². The van der Waals surface area contributed by atoms with E-state index in [1.807, 2.05) is 44.2 Å². The molecule has 0 aliphatic rings. The summed E-state index contributed by atoms with van der Waals surface area (Å²) in [5, 5.41) is 0. The highest BCUT2D eigenvalue weighted by atomic mass is 14.9. The van der Waals surface area contributed by atoms with E-state index >= 15 is 0 Å². The van der Waals surface area contributed by atoms with Crippen molar-refractivity contribution in [3.63, 3.8) is 0 Å². The van der Waals surface area contributed by atoms with Crippen molar-refractivity contribution in [3.05, 3.63) is 54.7 Å². The molecule has 0 saturated heterocycles. The second-order valence-corrected chi connectivity index (χ2v) is 3.06. The first-order valence-electron chi connectivity index (χ1n) is 5.09. The molecule has 0 fully saturated rings. The van der Waals surface area contributed by atoms with Crippen molar-refractivity contribution in [2.75, 3.05) is 0 Å². The number of rotatable bonds is 4. The maximum Gasteiger partial charge on any atom is 0.128 e. The SMILES string of the molecule is C=C/C(=C\C=C/C)c1ccnc(CC)n1. The van der Waals surface area contributed by atoms with Gasteiger partial charge < -0.3 is 0 Å². The first-order chi connectivity index (χ1) is 7.31. The van der Waals surface area contributed by atoms with E-state index in [4.69, 9.17) is 0 Å². The largest absolute Gasteiger partial charge is 0.241 e. The van der Waals surface area contributed by atoms with E-state index in [1.54, 1.807) is 6.20 Å². The number of hydrogen-bond donors (Lipinski definition) is 0. The lowest BCUT2D eigenvalue weighted by atomic mass is 10.1. The summed E-state index contributed by atoms with van der Waals surface area (Å²) < 4.78 is 0. The van der Waals surface area contributed by atoms with Crippen LogP contribution in [0.15, 0.2) is 43.1 Å². The number of aryl methyl sites for hydroxylation is 1. The zero-order valence-corrected chi connectivity index (χ0v) is 9.27. The van der Waals surface area contributed by atoms with Crippen molar-refractivity contribution in [1.82, 2.24) is 9.97 Å². The molecule has 1 aromatic rings. The van der Waals surface area contributed by atoms with Gasteiger partial charge in [0.25, 0.3) is 0 Å². The molecule has 0 radical (unpaired) electrons. The Morgan fingerprint density at radius 3 is 2.93 bits per heavy atom. The maximum absolute atomic E-state index is 4.43. The van der Waals surface area contributed by atoms with E-state index < -0.39 is 0 Å². The van der Waals surface area contributed by atoms with Crippen molar-refractivity contribution >= 4 is 5.57 Å². The van der Waals surface area contributed by atoms with Gasteiger partial charge in [0.2, 0.25) is 0 Å². The highest BCUT2D eigenvalue weighted by molar-refractivity contribution is 5.72. The molecule has 1 rings (SSSR count). The minimum atomic E-state index is 0.849. The highest BCUT2D eigenvalue weighted by Crippen LogP contribution is 2.12. The van der Waals surface area contributed by atoms with Crippen molar-refractivity contribution < 1.29 is 0 Å². The smallest absolute Gasteiger partial charge is 0.128 e. The van der Waals surface area contributed by atoms with Gasteiger partial charge in [0.1, 0.15) is 5.82 Å². The Balaban J connectivity index is 3.06. The standard InChI is InChI=1S/C13H16N2/c1-4-7-8-11(5-2)12-9-10-14-13(6-3)15-12/h4-5,7-10H,2,6H2,1,3H3/b7-4-,11-8+. The van der Waals surface area contributed by atoms with Crippen molar-refractivity contribution in [3.8, 4) is 0 Å². The molecule has 0 aliphatic carbocycles. The van der Waals surface area contributed by atoms with Crippen LogP contribution in [-0.2, 0) is 6.42 Å². The first kappa shape index (κ1) is 11.4. The van der Waals surface area contributed by atoms with Crippen molar-refractivity contribution in [2.45, 2.75) is 20.3 Å². The predicted molar refractivity (Wildman–Crippen MR) is 64.4 cm³/mol.